The molecule has 0 fully saturated rings. The van der Waals surface area contributed by atoms with E-state index in [0.29, 0.717) is 68.4 Å². The maximum atomic E-state index is 13.8. The molecule has 3 aromatic carbocycles. The second-order valence-electron chi connectivity index (χ2n) is 8.85. The number of hydrogen-bond acceptors (Lipinski definition) is 8. The first-order valence-corrected chi connectivity index (χ1v) is 13.6. The van der Waals surface area contributed by atoms with E-state index < -0.39 is 6.04 Å². The Bertz CT molecular complexity index is 1570. The molecule has 206 valence electrons. The number of fused-ring (bicyclic) bond motifs is 1. The van der Waals surface area contributed by atoms with E-state index in [1.165, 1.54) is 0 Å². The van der Waals surface area contributed by atoms with Crippen LogP contribution in [0.2, 0.25) is 5.02 Å². The highest BCUT2D eigenvalue weighted by Crippen LogP contribution is 2.43. The van der Waals surface area contributed by atoms with Crippen molar-refractivity contribution in [3.8, 4) is 17.2 Å². The topological polar surface area (TPSA) is 112 Å². The lowest BCUT2D eigenvalue weighted by molar-refractivity contribution is -0.113. The lowest BCUT2D eigenvalue weighted by atomic mass is 9.94. The lowest BCUT2D eigenvalue weighted by Gasteiger charge is -2.29. The minimum Gasteiger partial charge on any atom is -0.493 e. The van der Waals surface area contributed by atoms with E-state index in [-0.39, 0.29) is 5.91 Å². The summed E-state index contributed by atoms with van der Waals surface area (Å²) in [5.74, 6) is 1.65. The molecule has 1 aromatic heterocycles. The molecule has 0 radical (unpaired) electrons. The number of para-hydroxylation sites is 2. The number of anilines is 2. The van der Waals surface area contributed by atoms with Crippen LogP contribution >= 0.6 is 27.5 Å². The van der Waals surface area contributed by atoms with Gasteiger partial charge in [0.15, 0.2) is 11.5 Å². The van der Waals surface area contributed by atoms with Gasteiger partial charge >= 0.3 is 0 Å². The number of rotatable bonds is 9. The molecule has 5 rings (SSSR count). The molecule has 1 unspecified atom stereocenters. The molecule has 0 saturated heterocycles. The molecular weight excluding hydrogens is 600 g/mol. The highest BCUT2D eigenvalue weighted by Gasteiger charge is 2.35. The molecule has 0 aliphatic carbocycles. The summed E-state index contributed by atoms with van der Waals surface area (Å²) in [5.41, 5.74) is 3.25. The van der Waals surface area contributed by atoms with Crippen LogP contribution in [-0.4, -0.2) is 39.8 Å². The molecule has 12 heteroatoms. The molecule has 4 aromatic rings. The van der Waals surface area contributed by atoms with Crippen molar-refractivity contribution in [1.29, 1.82) is 0 Å². The number of halogens is 2. The molecule has 0 spiro atoms. The summed E-state index contributed by atoms with van der Waals surface area (Å²) < 4.78 is 19.7. The van der Waals surface area contributed by atoms with E-state index in [9.17, 15) is 4.79 Å². The van der Waals surface area contributed by atoms with E-state index in [1.807, 2.05) is 62.4 Å². The fourth-order valence-corrected chi connectivity index (χ4v) is 5.13. The largest absolute Gasteiger partial charge is 0.493 e. The van der Waals surface area contributed by atoms with Gasteiger partial charge in [0.2, 0.25) is 5.95 Å². The smallest absolute Gasteiger partial charge is 0.255 e. The highest BCUT2D eigenvalue weighted by atomic mass is 79.9. The molecule has 2 N–H and O–H groups in total. The van der Waals surface area contributed by atoms with E-state index >= 15 is 0 Å². The van der Waals surface area contributed by atoms with Crippen molar-refractivity contribution in [2.75, 3.05) is 24.4 Å². The predicted molar refractivity (Wildman–Crippen MR) is 155 cm³/mol. The van der Waals surface area contributed by atoms with Gasteiger partial charge in [0.1, 0.15) is 18.4 Å². The monoisotopic (exact) mass is 624 g/mol. The Labute approximate surface area is 244 Å². The van der Waals surface area contributed by atoms with Crippen LogP contribution in [0.15, 0.2) is 76.4 Å². The molecule has 10 nitrogen and oxygen atoms in total. The average molecular weight is 626 g/mol. The number of hydrogen-bond donors (Lipinski definition) is 2. The SMILES string of the molecule is CCOc1ccccc1NC(=O)C1=C(C)Nc2nnnn2C1c1cc(Br)c(OCc2ccc(Cl)cc2)c(OC)c1. The van der Waals surface area contributed by atoms with Gasteiger partial charge in [-0.15, -0.1) is 0 Å². The number of aromatic nitrogens is 4. The van der Waals surface area contributed by atoms with Gasteiger partial charge in [-0.1, -0.05) is 41.0 Å². The highest BCUT2D eigenvalue weighted by molar-refractivity contribution is 9.10. The fraction of sp³-hybridized carbons (Fsp3) is 0.214. The standard InChI is InChI=1S/C28H26BrClN6O4/c1-4-39-22-8-6-5-7-21(22)32-27(37)24-16(2)31-28-33-34-35-36(28)25(24)18-13-20(29)26(23(14-18)38-3)40-15-17-9-11-19(30)12-10-17/h5-14,25H,4,15H2,1-3H3,(H,32,37)(H,31,33,35). The Kier molecular flexibility index (Phi) is 8.22. The summed E-state index contributed by atoms with van der Waals surface area (Å²) >= 11 is 9.64. The van der Waals surface area contributed by atoms with Gasteiger partial charge in [-0.05, 0) is 87.7 Å². The summed E-state index contributed by atoms with van der Waals surface area (Å²) in [4.78, 5) is 13.8. The zero-order valence-electron chi connectivity index (χ0n) is 21.9. The van der Waals surface area contributed by atoms with Crippen LogP contribution in [0.4, 0.5) is 11.6 Å². The third-order valence-electron chi connectivity index (χ3n) is 6.26. The number of carbonyl (C=O) groups excluding carboxylic acids is 1. The minimum absolute atomic E-state index is 0.307. The van der Waals surface area contributed by atoms with Crippen molar-refractivity contribution in [3.63, 3.8) is 0 Å². The van der Waals surface area contributed by atoms with Crippen molar-refractivity contribution in [2.24, 2.45) is 0 Å². The number of methoxy groups -OCH3 is 1. The summed E-state index contributed by atoms with van der Waals surface area (Å²) in [6.07, 6.45) is 0. The summed E-state index contributed by atoms with van der Waals surface area (Å²) in [6, 6.07) is 17.7. The predicted octanol–water partition coefficient (Wildman–Crippen LogP) is 6.00. The van der Waals surface area contributed by atoms with Crippen molar-refractivity contribution >= 4 is 45.1 Å². The summed E-state index contributed by atoms with van der Waals surface area (Å²) in [5, 5.41) is 18.9. The normalized spacial score (nSPS) is 14.3. The van der Waals surface area contributed by atoms with Gasteiger partial charge < -0.3 is 24.8 Å². The molecule has 1 amide bonds. The van der Waals surface area contributed by atoms with Crippen molar-refractivity contribution in [2.45, 2.75) is 26.5 Å². The Morgan fingerprint density at radius 3 is 2.65 bits per heavy atom. The molecular formula is C28H26BrClN6O4. The first-order valence-electron chi connectivity index (χ1n) is 12.4. The van der Waals surface area contributed by atoms with Gasteiger partial charge in [-0.2, -0.15) is 4.68 Å². The number of carbonyl (C=O) groups is 1. The van der Waals surface area contributed by atoms with E-state index in [2.05, 4.69) is 42.1 Å². The van der Waals surface area contributed by atoms with Gasteiger partial charge in [-0.25, -0.2) is 0 Å². The summed E-state index contributed by atoms with van der Waals surface area (Å²) in [7, 11) is 1.56. The van der Waals surface area contributed by atoms with Crippen LogP contribution in [0.25, 0.3) is 0 Å². The number of allylic oxidation sites excluding steroid dienone is 1. The number of nitrogens with one attached hydrogen (secondary N) is 2. The van der Waals surface area contributed by atoms with Crippen LogP contribution in [0, 0.1) is 0 Å². The quantitative estimate of drug-likeness (QED) is 0.233. The molecule has 40 heavy (non-hydrogen) atoms. The number of nitrogens with zero attached hydrogens (tertiary/aromatic N) is 4. The minimum atomic E-state index is -0.666. The van der Waals surface area contributed by atoms with Gasteiger partial charge in [-0.3, -0.25) is 4.79 Å². The zero-order chi connectivity index (χ0) is 28.2. The van der Waals surface area contributed by atoms with Crippen molar-refractivity contribution in [3.05, 3.63) is 92.6 Å². The molecule has 0 bridgehead atoms. The fourth-order valence-electron chi connectivity index (χ4n) is 4.43. The Balaban J connectivity index is 1.51. The Morgan fingerprint density at radius 2 is 1.90 bits per heavy atom. The van der Waals surface area contributed by atoms with Gasteiger partial charge in [0, 0.05) is 10.7 Å². The van der Waals surface area contributed by atoms with E-state index in [4.69, 9.17) is 25.8 Å². The summed E-state index contributed by atoms with van der Waals surface area (Å²) in [6.45, 7) is 4.47. The van der Waals surface area contributed by atoms with Crippen LogP contribution in [0.5, 0.6) is 17.2 Å². The third kappa shape index (κ3) is 5.61. The number of amides is 1. The van der Waals surface area contributed by atoms with E-state index in [1.54, 1.807) is 23.9 Å². The van der Waals surface area contributed by atoms with Crippen molar-refractivity contribution < 1.29 is 19.0 Å². The second kappa shape index (κ2) is 12.0. The maximum Gasteiger partial charge on any atom is 0.255 e. The number of ether oxygens (including phenoxy) is 3. The first-order chi connectivity index (χ1) is 19.4. The Hall–Kier alpha value is -4.09. The van der Waals surface area contributed by atoms with Crippen LogP contribution in [0.3, 0.4) is 0 Å². The molecule has 2 heterocycles. The second-order valence-corrected chi connectivity index (χ2v) is 10.1. The van der Waals surface area contributed by atoms with Gasteiger partial charge in [0.25, 0.3) is 5.91 Å². The zero-order valence-corrected chi connectivity index (χ0v) is 24.3. The first kappa shape index (κ1) is 27.5. The van der Waals surface area contributed by atoms with Crippen molar-refractivity contribution in [1.82, 2.24) is 20.2 Å². The van der Waals surface area contributed by atoms with Gasteiger partial charge in [0.05, 0.1) is 29.4 Å². The van der Waals surface area contributed by atoms with Crippen LogP contribution < -0.4 is 24.8 Å². The molecule has 1 aliphatic rings. The molecule has 0 saturated carbocycles. The number of benzene rings is 3. The third-order valence-corrected chi connectivity index (χ3v) is 7.10. The average Bonchev–Trinajstić information content (AvgIpc) is 3.41. The lowest BCUT2D eigenvalue weighted by Crippen LogP contribution is -2.31. The van der Waals surface area contributed by atoms with Crippen LogP contribution in [0.1, 0.15) is 31.0 Å². The Morgan fingerprint density at radius 1 is 1.12 bits per heavy atom. The van der Waals surface area contributed by atoms with E-state index in [0.717, 1.165) is 5.56 Å². The molecule has 1 atom stereocenters. The maximum absolute atomic E-state index is 13.8. The number of tetrazole rings is 1. The van der Waals surface area contributed by atoms with Crippen LogP contribution in [-0.2, 0) is 11.4 Å². The molecule has 1 aliphatic heterocycles.